The van der Waals surface area contributed by atoms with Crippen LogP contribution in [0, 0.1) is 0 Å². The van der Waals surface area contributed by atoms with Gasteiger partial charge in [0.25, 0.3) is 10.0 Å². The Morgan fingerprint density at radius 3 is 2.38 bits per heavy atom. The Hall–Kier alpha value is -2.38. The number of halogens is 1. The van der Waals surface area contributed by atoms with E-state index in [0.717, 1.165) is 10.0 Å². The van der Waals surface area contributed by atoms with Crippen LogP contribution >= 0.6 is 15.9 Å². The molecule has 0 spiro atoms. The van der Waals surface area contributed by atoms with Gasteiger partial charge in [0, 0.05) is 10.9 Å². The Morgan fingerprint density at radius 1 is 1.00 bits per heavy atom. The van der Waals surface area contributed by atoms with Crippen LogP contribution in [0.25, 0.3) is 0 Å². The summed E-state index contributed by atoms with van der Waals surface area (Å²) in [6.07, 6.45) is 1.99. The molecule has 0 saturated carbocycles. The van der Waals surface area contributed by atoms with Crippen molar-refractivity contribution in [2.75, 3.05) is 0 Å². The first kappa shape index (κ1) is 17.1. The second kappa shape index (κ2) is 6.74. The molecular formula is C19H15BrN2O3S. The first-order chi connectivity index (χ1) is 12.6. The van der Waals surface area contributed by atoms with E-state index in [9.17, 15) is 8.42 Å². The van der Waals surface area contributed by atoms with Crippen LogP contribution in [-0.2, 0) is 10.0 Å². The molecule has 0 amide bonds. The molecule has 4 rings (SSSR count). The minimum Gasteiger partial charge on any atom is -0.467 e. The van der Waals surface area contributed by atoms with Crippen molar-refractivity contribution in [2.24, 2.45) is 5.10 Å². The van der Waals surface area contributed by atoms with Gasteiger partial charge < -0.3 is 4.42 Å². The fourth-order valence-corrected chi connectivity index (χ4v) is 4.62. The van der Waals surface area contributed by atoms with Crippen molar-refractivity contribution < 1.29 is 12.8 Å². The topological polar surface area (TPSA) is 62.9 Å². The summed E-state index contributed by atoms with van der Waals surface area (Å²) in [7, 11) is -3.79. The summed E-state index contributed by atoms with van der Waals surface area (Å²) in [6.45, 7) is 0. The molecule has 2 heterocycles. The molecule has 0 bridgehead atoms. The second-order valence-electron chi connectivity index (χ2n) is 5.88. The van der Waals surface area contributed by atoms with Crippen molar-refractivity contribution in [1.29, 1.82) is 0 Å². The molecule has 0 aliphatic carbocycles. The van der Waals surface area contributed by atoms with Gasteiger partial charge in [-0.2, -0.15) is 17.9 Å². The molecule has 0 fully saturated rings. The molecule has 0 saturated heterocycles. The number of rotatable bonds is 4. The highest BCUT2D eigenvalue weighted by Crippen LogP contribution is 2.37. The number of hydrogen-bond acceptors (Lipinski definition) is 4. The van der Waals surface area contributed by atoms with Crippen LogP contribution in [0.1, 0.15) is 23.8 Å². The molecule has 3 aromatic rings. The molecule has 1 aliphatic rings. The van der Waals surface area contributed by atoms with Crippen molar-refractivity contribution in [3.8, 4) is 0 Å². The number of benzene rings is 2. The summed E-state index contributed by atoms with van der Waals surface area (Å²) >= 11 is 3.41. The van der Waals surface area contributed by atoms with E-state index in [1.54, 1.807) is 48.7 Å². The van der Waals surface area contributed by atoms with E-state index < -0.39 is 16.1 Å². The predicted octanol–water partition coefficient (Wildman–Crippen LogP) is 4.58. The van der Waals surface area contributed by atoms with Crippen LogP contribution in [-0.4, -0.2) is 18.5 Å². The van der Waals surface area contributed by atoms with E-state index in [1.165, 1.54) is 4.41 Å². The van der Waals surface area contributed by atoms with Crippen LogP contribution in [0.3, 0.4) is 0 Å². The second-order valence-corrected chi connectivity index (χ2v) is 8.59. The van der Waals surface area contributed by atoms with Gasteiger partial charge in [-0.05, 0) is 42.0 Å². The molecule has 132 valence electrons. The Morgan fingerprint density at radius 2 is 1.73 bits per heavy atom. The number of hydrazone groups is 1. The van der Waals surface area contributed by atoms with Gasteiger partial charge >= 0.3 is 0 Å². The third-order valence-corrected chi connectivity index (χ3v) is 6.43. The predicted molar refractivity (Wildman–Crippen MR) is 102 cm³/mol. The zero-order valence-electron chi connectivity index (χ0n) is 13.6. The highest BCUT2D eigenvalue weighted by Gasteiger charge is 2.39. The number of sulfonamides is 1. The van der Waals surface area contributed by atoms with Gasteiger partial charge in [0.2, 0.25) is 0 Å². The molecule has 1 aliphatic heterocycles. The average Bonchev–Trinajstić information content (AvgIpc) is 3.33. The molecule has 1 atom stereocenters. The lowest BCUT2D eigenvalue weighted by atomic mass is 10.0. The summed E-state index contributed by atoms with van der Waals surface area (Å²) in [6, 6.07) is 19.0. The normalized spacial score (nSPS) is 17.3. The van der Waals surface area contributed by atoms with Crippen LogP contribution in [0.15, 0.2) is 91.9 Å². The monoisotopic (exact) mass is 430 g/mol. The van der Waals surface area contributed by atoms with Gasteiger partial charge in [-0.25, -0.2) is 0 Å². The molecule has 0 radical (unpaired) electrons. The van der Waals surface area contributed by atoms with Crippen molar-refractivity contribution in [2.45, 2.75) is 17.4 Å². The third kappa shape index (κ3) is 3.08. The molecule has 0 N–H and O–H groups in total. The third-order valence-electron chi connectivity index (χ3n) is 4.21. The smallest absolute Gasteiger partial charge is 0.279 e. The van der Waals surface area contributed by atoms with Crippen LogP contribution < -0.4 is 0 Å². The van der Waals surface area contributed by atoms with Crippen LogP contribution in [0.5, 0.6) is 0 Å². The lowest BCUT2D eigenvalue weighted by Gasteiger charge is -2.21. The van der Waals surface area contributed by atoms with Gasteiger partial charge in [0.15, 0.2) is 0 Å². The first-order valence-corrected chi connectivity index (χ1v) is 10.3. The van der Waals surface area contributed by atoms with Gasteiger partial charge in [0.05, 0.1) is 16.9 Å². The van der Waals surface area contributed by atoms with Gasteiger partial charge in [-0.3, -0.25) is 0 Å². The van der Waals surface area contributed by atoms with E-state index in [0.29, 0.717) is 17.9 Å². The van der Waals surface area contributed by atoms with E-state index >= 15 is 0 Å². The fraction of sp³-hybridized carbons (Fsp3) is 0.105. The maximum absolute atomic E-state index is 13.1. The Balaban J connectivity index is 1.78. The van der Waals surface area contributed by atoms with E-state index in [-0.39, 0.29) is 4.90 Å². The summed E-state index contributed by atoms with van der Waals surface area (Å²) in [5.41, 5.74) is 1.59. The highest BCUT2D eigenvalue weighted by atomic mass is 79.9. The fourth-order valence-electron chi connectivity index (χ4n) is 2.92. The Kier molecular flexibility index (Phi) is 4.42. The molecule has 2 aromatic carbocycles. The molecule has 0 unspecified atom stereocenters. The Labute approximate surface area is 160 Å². The largest absolute Gasteiger partial charge is 0.467 e. The van der Waals surface area contributed by atoms with E-state index in [4.69, 9.17) is 4.42 Å². The average molecular weight is 431 g/mol. The van der Waals surface area contributed by atoms with Crippen molar-refractivity contribution in [3.05, 3.63) is 88.8 Å². The van der Waals surface area contributed by atoms with E-state index in [1.807, 2.05) is 24.3 Å². The highest BCUT2D eigenvalue weighted by molar-refractivity contribution is 9.10. The minimum absolute atomic E-state index is 0.206. The first-order valence-electron chi connectivity index (χ1n) is 8.02. The molecule has 1 aromatic heterocycles. The van der Waals surface area contributed by atoms with Crippen molar-refractivity contribution in [3.63, 3.8) is 0 Å². The van der Waals surface area contributed by atoms with Crippen molar-refractivity contribution >= 4 is 31.7 Å². The summed E-state index contributed by atoms with van der Waals surface area (Å²) in [5, 5.41) is 4.46. The molecule has 7 heteroatoms. The van der Waals surface area contributed by atoms with Crippen molar-refractivity contribution in [1.82, 2.24) is 4.41 Å². The lowest BCUT2D eigenvalue weighted by molar-refractivity contribution is 0.320. The summed E-state index contributed by atoms with van der Waals surface area (Å²) in [4.78, 5) is 0.206. The maximum atomic E-state index is 13.1. The molecule has 5 nitrogen and oxygen atoms in total. The SMILES string of the molecule is O=S(=O)(c1ccccc1)N1N=C(c2ccc(Br)cc2)C[C@@H]1c1ccco1. The number of furan rings is 1. The Bertz CT molecular complexity index is 1030. The van der Waals surface area contributed by atoms with Crippen LogP contribution in [0.2, 0.25) is 0 Å². The zero-order valence-corrected chi connectivity index (χ0v) is 16.0. The standard InChI is InChI=1S/C19H15BrN2O3S/c20-15-10-8-14(9-11-15)17-13-18(19-7-4-12-25-19)22(21-17)26(23,24)16-5-2-1-3-6-16/h1-12,18H,13H2/t18-/m1/s1. The summed E-state index contributed by atoms with van der Waals surface area (Å²) < 4.78 is 33.9. The van der Waals surface area contributed by atoms with E-state index in [2.05, 4.69) is 21.0 Å². The zero-order chi connectivity index (χ0) is 18.1. The van der Waals surface area contributed by atoms with Gasteiger partial charge in [-0.15, -0.1) is 0 Å². The van der Waals surface area contributed by atoms with Crippen LogP contribution in [0.4, 0.5) is 0 Å². The summed E-state index contributed by atoms with van der Waals surface area (Å²) in [5.74, 6) is 0.570. The lowest BCUT2D eigenvalue weighted by Crippen LogP contribution is -2.27. The number of nitrogens with zero attached hydrogens (tertiary/aromatic N) is 2. The molecule has 26 heavy (non-hydrogen) atoms. The molecular weight excluding hydrogens is 416 g/mol. The van der Waals surface area contributed by atoms with Gasteiger partial charge in [-0.1, -0.05) is 46.3 Å². The number of hydrogen-bond donors (Lipinski definition) is 0. The minimum atomic E-state index is -3.79. The van der Waals surface area contributed by atoms with Gasteiger partial charge in [0.1, 0.15) is 11.8 Å². The quantitative estimate of drug-likeness (QED) is 0.608. The maximum Gasteiger partial charge on any atom is 0.279 e.